The van der Waals surface area contributed by atoms with Crippen LogP contribution in [-0.4, -0.2) is 35.9 Å². The second-order valence-electron chi connectivity index (χ2n) is 5.70. The van der Waals surface area contributed by atoms with E-state index in [1.54, 1.807) is 6.07 Å². The molecule has 3 rings (SSSR count). The minimum Gasteiger partial charge on any atom is -0.481 e. The molecule has 0 saturated carbocycles. The third-order valence-electron chi connectivity index (χ3n) is 4.35. The molecule has 2 fully saturated rings. The van der Waals surface area contributed by atoms with Crippen LogP contribution in [0.15, 0.2) is 24.3 Å². The smallest absolute Gasteiger partial charge is 0.308 e. The number of aliphatic carboxylic acids is 1. The van der Waals surface area contributed by atoms with Gasteiger partial charge in [0.1, 0.15) is 5.82 Å². The van der Waals surface area contributed by atoms with Crippen molar-refractivity contribution in [2.75, 3.05) is 0 Å². The number of carboxylic acids is 1. The Labute approximate surface area is 122 Å². The minimum atomic E-state index is -3.63. The van der Waals surface area contributed by atoms with Crippen molar-refractivity contribution in [3.8, 4) is 0 Å². The van der Waals surface area contributed by atoms with Gasteiger partial charge in [0.05, 0.1) is 11.7 Å². The number of halogens is 1. The lowest BCUT2D eigenvalue weighted by molar-refractivity contribution is -0.142. The summed E-state index contributed by atoms with van der Waals surface area (Å²) in [4.78, 5) is 11.2. The number of benzene rings is 1. The van der Waals surface area contributed by atoms with Crippen molar-refractivity contribution in [3.05, 3.63) is 35.6 Å². The van der Waals surface area contributed by atoms with E-state index in [1.807, 2.05) is 0 Å². The van der Waals surface area contributed by atoms with E-state index in [0.29, 0.717) is 24.8 Å². The predicted octanol–water partition coefficient (Wildman–Crippen LogP) is 1.59. The van der Waals surface area contributed by atoms with Gasteiger partial charge in [-0.25, -0.2) is 12.8 Å². The van der Waals surface area contributed by atoms with Gasteiger partial charge in [-0.1, -0.05) is 12.1 Å². The Bertz CT molecular complexity index is 675. The fourth-order valence-electron chi connectivity index (χ4n) is 3.55. The van der Waals surface area contributed by atoms with Gasteiger partial charge in [-0.05, 0) is 37.0 Å². The molecule has 1 N–H and O–H groups in total. The molecule has 114 valence electrons. The summed E-state index contributed by atoms with van der Waals surface area (Å²) in [5.41, 5.74) is 0.383. The summed E-state index contributed by atoms with van der Waals surface area (Å²) in [6.07, 6.45) is 1.67. The molecule has 2 saturated heterocycles. The maximum absolute atomic E-state index is 13.2. The summed E-state index contributed by atoms with van der Waals surface area (Å²) in [6.45, 7) is 0. The zero-order valence-corrected chi connectivity index (χ0v) is 12.1. The lowest BCUT2D eigenvalue weighted by atomic mass is 9.89. The van der Waals surface area contributed by atoms with E-state index in [1.165, 1.54) is 22.5 Å². The van der Waals surface area contributed by atoms with Crippen molar-refractivity contribution in [2.24, 2.45) is 5.92 Å². The van der Waals surface area contributed by atoms with Gasteiger partial charge in [0.2, 0.25) is 10.0 Å². The molecule has 0 radical (unpaired) electrons. The lowest BCUT2D eigenvalue weighted by Gasteiger charge is -2.22. The highest BCUT2D eigenvalue weighted by Crippen LogP contribution is 2.44. The van der Waals surface area contributed by atoms with Crippen LogP contribution in [0, 0.1) is 11.7 Å². The molecule has 21 heavy (non-hydrogen) atoms. The highest BCUT2D eigenvalue weighted by atomic mass is 32.2. The van der Waals surface area contributed by atoms with Crippen LogP contribution in [-0.2, 0) is 20.6 Å². The fourth-order valence-corrected chi connectivity index (χ4v) is 5.61. The van der Waals surface area contributed by atoms with Crippen molar-refractivity contribution in [1.82, 2.24) is 4.31 Å². The number of hydrogen-bond donors (Lipinski definition) is 1. The van der Waals surface area contributed by atoms with Crippen LogP contribution in [0.4, 0.5) is 4.39 Å². The molecule has 0 aliphatic carbocycles. The van der Waals surface area contributed by atoms with Crippen molar-refractivity contribution in [2.45, 2.75) is 37.1 Å². The van der Waals surface area contributed by atoms with E-state index in [-0.39, 0.29) is 11.8 Å². The summed E-state index contributed by atoms with van der Waals surface area (Å²) >= 11 is 0. The number of sulfonamides is 1. The second kappa shape index (κ2) is 5.06. The first-order valence-electron chi connectivity index (χ1n) is 6.87. The Kier molecular flexibility index (Phi) is 3.49. The molecule has 3 atom stereocenters. The van der Waals surface area contributed by atoms with Crippen LogP contribution in [0.2, 0.25) is 0 Å². The summed E-state index contributed by atoms with van der Waals surface area (Å²) in [6, 6.07) is 4.81. The number of rotatable bonds is 4. The first-order chi connectivity index (χ1) is 9.88. The molecule has 2 bridgehead atoms. The zero-order chi connectivity index (χ0) is 15.2. The maximum atomic E-state index is 13.2. The largest absolute Gasteiger partial charge is 0.481 e. The molecule has 0 aromatic heterocycles. The highest BCUT2D eigenvalue weighted by Gasteiger charge is 2.53. The molecule has 1 aromatic carbocycles. The normalized spacial score (nSPS) is 28.9. The van der Waals surface area contributed by atoms with Crippen molar-refractivity contribution in [3.63, 3.8) is 0 Å². The first-order valence-corrected chi connectivity index (χ1v) is 8.48. The second-order valence-corrected chi connectivity index (χ2v) is 7.57. The zero-order valence-electron chi connectivity index (χ0n) is 11.3. The third-order valence-corrected chi connectivity index (χ3v) is 6.26. The van der Waals surface area contributed by atoms with Crippen LogP contribution < -0.4 is 0 Å². The van der Waals surface area contributed by atoms with Gasteiger partial charge in [0.25, 0.3) is 0 Å². The molecule has 2 aliphatic rings. The Hall–Kier alpha value is -1.47. The van der Waals surface area contributed by atoms with Gasteiger partial charge in [-0.3, -0.25) is 4.79 Å². The van der Waals surface area contributed by atoms with Gasteiger partial charge in [0.15, 0.2) is 0 Å². The number of fused-ring (bicyclic) bond motifs is 2. The average molecular weight is 313 g/mol. The van der Waals surface area contributed by atoms with Gasteiger partial charge in [0, 0.05) is 12.1 Å². The van der Waals surface area contributed by atoms with Crippen LogP contribution in [0.25, 0.3) is 0 Å². The molecule has 3 unspecified atom stereocenters. The summed E-state index contributed by atoms with van der Waals surface area (Å²) < 4.78 is 39.6. The monoisotopic (exact) mass is 313 g/mol. The quantitative estimate of drug-likeness (QED) is 0.916. The molecule has 1 aromatic rings. The van der Waals surface area contributed by atoms with Crippen molar-refractivity contribution >= 4 is 16.0 Å². The molecule has 0 spiro atoms. The average Bonchev–Trinajstić information content (AvgIpc) is 2.96. The minimum absolute atomic E-state index is 0.227. The van der Waals surface area contributed by atoms with Crippen LogP contribution in [0.5, 0.6) is 0 Å². The SMILES string of the molecule is O=C(O)C1CC2CCC1N2S(=O)(=O)Cc1cccc(F)c1. The molecule has 5 nitrogen and oxygen atoms in total. The Morgan fingerprint density at radius 1 is 1.38 bits per heavy atom. The Morgan fingerprint density at radius 3 is 2.76 bits per heavy atom. The number of carbonyl (C=O) groups is 1. The first kappa shape index (κ1) is 14.5. The van der Waals surface area contributed by atoms with Gasteiger partial charge >= 0.3 is 5.97 Å². The van der Waals surface area contributed by atoms with E-state index in [0.717, 1.165) is 0 Å². The third kappa shape index (κ3) is 2.55. The van der Waals surface area contributed by atoms with E-state index < -0.39 is 33.8 Å². The van der Waals surface area contributed by atoms with Crippen LogP contribution in [0.3, 0.4) is 0 Å². The molecule has 7 heteroatoms. The molecular weight excluding hydrogens is 297 g/mol. The van der Waals surface area contributed by atoms with Crippen LogP contribution >= 0.6 is 0 Å². The number of hydrogen-bond acceptors (Lipinski definition) is 3. The standard InChI is InChI=1S/C14H16FNO4S/c15-10-3-1-2-9(6-10)8-21(19,20)16-11-4-5-13(16)12(7-11)14(17)18/h1-3,6,11-13H,4-5,7-8H2,(H,17,18). The molecule has 2 heterocycles. The van der Waals surface area contributed by atoms with E-state index in [4.69, 9.17) is 0 Å². The predicted molar refractivity (Wildman–Crippen MR) is 73.4 cm³/mol. The van der Waals surface area contributed by atoms with Gasteiger partial charge < -0.3 is 5.11 Å². The van der Waals surface area contributed by atoms with Gasteiger partial charge in [-0.15, -0.1) is 0 Å². The van der Waals surface area contributed by atoms with E-state index >= 15 is 0 Å². The Balaban J connectivity index is 1.84. The molecule has 2 aliphatic heterocycles. The van der Waals surface area contributed by atoms with Crippen LogP contribution in [0.1, 0.15) is 24.8 Å². The van der Waals surface area contributed by atoms with Gasteiger partial charge in [-0.2, -0.15) is 4.31 Å². The van der Waals surface area contributed by atoms with Crippen molar-refractivity contribution in [1.29, 1.82) is 0 Å². The summed E-state index contributed by atoms with van der Waals surface area (Å²) in [5, 5.41) is 9.17. The number of carboxylic acid groups (broad SMARTS) is 1. The van der Waals surface area contributed by atoms with Crippen molar-refractivity contribution < 1.29 is 22.7 Å². The molecule has 0 amide bonds. The molecular formula is C14H16FNO4S. The Morgan fingerprint density at radius 2 is 2.14 bits per heavy atom. The number of nitrogens with zero attached hydrogens (tertiary/aromatic N) is 1. The maximum Gasteiger partial charge on any atom is 0.308 e. The topological polar surface area (TPSA) is 74.7 Å². The lowest BCUT2D eigenvalue weighted by Crippen LogP contribution is -2.38. The fraction of sp³-hybridized carbons (Fsp3) is 0.500. The highest BCUT2D eigenvalue weighted by molar-refractivity contribution is 7.88. The van der Waals surface area contributed by atoms with E-state index in [2.05, 4.69) is 0 Å². The summed E-state index contributed by atoms with van der Waals surface area (Å²) in [5.74, 6) is -2.32. The van der Waals surface area contributed by atoms with E-state index in [9.17, 15) is 22.7 Å². The summed E-state index contributed by atoms with van der Waals surface area (Å²) in [7, 11) is -3.63.